The molecule has 3 N–H and O–H groups in total. The molecular weight excluding hydrogens is 340 g/mol. The van der Waals surface area contributed by atoms with Gasteiger partial charge in [0, 0.05) is 15.9 Å². The molecule has 0 saturated heterocycles. The van der Waals surface area contributed by atoms with Crippen LogP contribution in [0.15, 0.2) is 22.7 Å². The molecule has 110 valence electrons. The van der Waals surface area contributed by atoms with Crippen LogP contribution in [0.1, 0.15) is 38.5 Å². The second-order valence-electron chi connectivity index (χ2n) is 5.61. The second kappa shape index (κ2) is 6.92. The van der Waals surface area contributed by atoms with Crippen LogP contribution in [0, 0.1) is 5.41 Å². The van der Waals surface area contributed by atoms with Crippen molar-refractivity contribution < 1.29 is 4.79 Å². The molecule has 1 fully saturated rings. The Balaban J connectivity index is 2.02. The third kappa shape index (κ3) is 3.96. The standard InChI is InChI=1S/C15H20BrClN2O/c16-12-5-4-11(17)8-13(12)19-14(20)9-15(10-18)6-2-1-3-7-15/h4-5,8H,1-3,6-7,9-10,18H2,(H,19,20). The molecule has 0 bridgehead atoms. The number of hydrogen-bond donors (Lipinski definition) is 2. The molecule has 1 aliphatic carbocycles. The molecule has 1 aromatic carbocycles. The van der Waals surface area contributed by atoms with Gasteiger partial charge in [-0.3, -0.25) is 4.79 Å². The van der Waals surface area contributed by atoms with Gasteiger partial charge in [-0.15, -0.1) is 0 Å². The van der Waals surface area contributed by atoms with Crippen molar-refractivity contribution in [2.75, 3.05) is 11.9 Å². The van der Waals surface area contributed by atoms with Gasteiger partial charge in [0.1, 0.15) is 0 Å². The van der Waals surface area contributed by atoms with Crippen molar-refractivity contribution in [2.45, 2.75) is 38.5 Å². The molecule has 5 heteroatoms. The number of benzene rings is 1. The topological polar surface area (TPSA) is 55.1 Å². The largest absolute Gasteiger partial charge is 0.330 e. The van der Waals surface area contributed by atoms with Crippen LogP contribution in [-0.2, 0) is 4.79 Å². The lowest BCUT2D eigenvalue weighted by atomic mass is 9.71. The van der Waals surface area contributed by atoms with Crippen molar-refractivity contribution >= 4 is 39.1 Å². The maximum absolute atomic E-state index is 12.3. The Morgan fingerprint density at radius 2 is 2.05 bits per heavy atom. The maximum atomic E-state index is 12.3. The summed E-state index contributed by atoms with van der Waals surface area (Å²) in [6.45, 7) is 0.580. The van der Waals surface area contributed by atoms with E-state index in [0.717, 1.165) is 17.3 Å². The van der Waals surface area contributed by atoms with Crippen molar-refractivity contribution in [2.24, 2.45) is 11.1 Å². The lowest BCUT2D eigenvalue weighted by molar-refractivity contribution is -0.118. The van der Waals surface area contributed by atoms with Gasteiger partial charge in [0.2, 0.25) is 5.91 Å². The number of anilines is 1. The van der Waals surface area contributed by atoms with Gasteiger partial charge < -0.3 is 11.1 Å². The lowest BCUT2D eigenvalue weighted by Gasteiger charge is -2.35. The predicted molar refractivity (Wildman–Crippen MR) is 87.0 cm³/mol. The van der Waals surface area contributed by atoms with E-state index in [0.29, 0.717) is 23.7 Å². The average molecular weight is 360 g/mol. The van der Waals surface area contributed by atoms with Crippen LogP contribution in [0.5, 0.6) is 0 Å². The monoisotopic (exact) mass is 358 g/mol. The first-order chi connectivity index (χ1) is 9.54. The third-order valence-electron chi connectivity index (χ3n) is 4.09. The van der Waals surface area contributed by atoms with E-state index in [1.807, 2.05) is 6.07 Å². The van der Waals surface area contributed by atoms with E-state index in [9.17, 15) is 4.79 Å². The molecule has 0 unspecified atom stereocenters. The number of carbonyl (C=O) groups is 1. The molecule has 0 aromatic heterocycles. The molecular formula is C15H20BrClN2O. The highest BCUT2D eigenvalue weighted by Crippen LogP contribution is 2.38. The van der Waals surface area contributed by atoms with E-state index in [1.54, 1.807) is 12.1 Å². The summed E-state index contributed by atoms with van der Waals surface area (Å²) in [6.07, 6.45) is 6.18. The molecule has 0 spiro atoms. The SMILES string of the molecule is NCC1(CC(=O)Nc2cc(Cl)ccc2Br)CCCCC1. The molecule has 20 heavy (non-hydrogen) atoms. The van der Waals surface area contributed by atoms with Gasteiger partial charge >= 0.3 is 0 Å². The quantitative estimate of drug-likeness (QED) is 0.840. The smallest absolute Gasteiger partial charge is 0.225 e. The van der Waals surface area contributed by atoms with E-state index in [4.69, 9.17) is 17.3 Å². The minimum absolute atomic E-state index is 0.0142. The van der Waals surface area contributed by atoms with Crippen molar-refractivity contribution in [3.63, 3.8) is 0 Å². The minimum atomic E-state index is -0.0205. The molecule has 1 aliphatic rings. The summed E-state index contributed by atoms with van der Waals surface area (Å²) in [5, 5.41) is 3.54. The van der Waals surface area contributed by atoms with Gasteiger partial charge in [0.05, 0.1) is 5.69 Å². The zero-order valence-electron chi connectivity index (χ0n) is 11.4. The molecule has 1 aromatic rings. The summed E-state index contributed by atoms with van der Waals surface area (Å²) in [5.41, 5.74) is 6.62. The number of carbonyl (C=O) groups excluding carboxylic acids is 1. The minimum Gasteiger partial charge on any atom is -0.330 e. The number of nitrogens with two attached hydrogens (primary N) is 1. The summed E-state index contributed by atoms with van der Waals surface area (Å²) >= 11 is 9.37. The maximum Gasteiger partial charge on any atom is 0.225 e. The zero-order valence-corrected chi connectivity index (χ0v) is 13.8. The number of hydrogen-bond acceptors (Lipinski definition) is 2. The highest BCUT2D eigenvalue weighted by molar-refractivity contribution is 9.10. The van der Waals surface area contributed by atoms with Crippen molar-refractivity contribution in [1.82, 2.24) is 0 Å². The fourth-order valence-corrected chi connectivity index (χ4v) is 3.40. The number of amides is 1. The fraction of sp³-hybridized carbons (Fsp3) is 0.533. The molecule has 0 radical (unpaired) electrons. The fourth-order valence-electron chi connectivity index (χ4n) is 2.88. The Bertz CT molecular complexity index is 487. The van der Waals surface area contributed by atoms with E-state index < -0.39 is 0 Å². The van der Waals surface area contributed by atoms with Crippen LogP contribution in [0.25, 0.3) is 0 Å². The lowest BCUT2D eigenvalue weighted by Crippen LogP contribution is -2.36. The van der Waals surface area contributed by atoms with Crippen molar-refractivity contribution in [3.05, 3.63) is 27.7 Å². The van der Waals surface area contributed by atoms with Crippen molar-refractivity contribution in [3.8, 4) is 0 Å². The Morgan fingerprint density at radius 1 is 1.35 bits per heavy atom. The van der Waals surface area contributed by atoms with Gasteiger partial charge in [0.25, 0.3) is 0 Å². The summed E-state index contributed by atoms with van der Waals surface area (Å²) < 4.78 is 0.834. The average Bonchev–Trinajstić information content (AvgIpc) is 2.44. The Labute approximate surface area is 133 Å². The molecule has 0 heterocycles. The number of nitrogens with one attached hydrogen (secondary N) is 1. The molecule has 3 nitrogen and oxygen atoms in total. The summed E-state index contributed by atoms with van der Waals surface area (Å²) in [6, 6.07) is 5.36. The van der Waals surface area contributed by atoms with Crippen LogP contribution in [0.4, 0.5) is 5.69 Å². The normalized spacial score (nSPS) is 17.8. The summed E-state index contributed by atoms with van der Waals surface area (Å²) in [7, 11) is 0. The molecule has 0 atom stereocenters. The van der Waals surface area contributed by atoms with Crippen molar-refractivity contribution in [1.29, 1.82) is 0 Å². The molecule has 2 rings (SSSR count). The first-order valence-electron chi connectivity index (χ1n) is 7.00. The van der Waals surface area contributed by atoms with Crippen LogP contribution >= 0.6 is 27.5 Å². The predicted octanol–water partition coefficient (Wildman–Crippen LogP) is 4.34. The van der Waals surface area contributed by atoms with Gasteiger partial charge in [-0.1, -0.05) is 30.9 Å². The molecule has 1 saturated carbocycles. The number of halogens is 2. The summed E-state index contributed by atoms with van der Waals surface area (Å²) in [5.74, 6) is 0.0142. The highest BCUT2D eigenvalue weighted by atomic mass is 79.9. The third-order valence-corrected chi connectivity index (χ3v) is 5.01. The van der Waals surface area contributed by atoms with Gasteiger partial charge in [-0.2, -0.15) is 0 Å². The van der Waals surface area contributed by atoms with E-state index in [-0.39, 0.29) is 11.3 Å². The Hall–Kier alpha value is -0.580. The van der Waals surface area contributed by atoms with Crippen LogP contribution < -0.4 is 11.1 Å². The highest BCUT2D eigenvalue weighted by Gasteiger charge is 2.33. The first-order valence-corrected chi connectivity index (χ1v) is 8.17. The van der Waals surface area contributed by atoms with Crippen LogP contribution in [0.2, 0.25) is 5.02 Å². The summed E-state index contributed by atoms with van der Waals surface area (Å²) in [4.78, 5) is 12.3. The van der Waals surface area contributed by atoms with Gasteiger partial charge in [-0.25, -0.2) is 0 Å². The van der Waals surface area contributed by atoms with Gasteiger partial charge in [0.15, 0.2) is 0 Å². The van der Waals surface area contributed by atoms with E-state index in [2.05, 4.69) is 21.2 Å². The molecule has 0 aliphatic heterocycles. The van der Waals surface area contributed by atoms with Gasteiger partial charge in [-0.05, 0) is 58.9 Å². The number of rotatable bonds is 4. The van der Waals surface area contributed by atoms with Crippen LogP contribution in [0.3, 0.4) is 0 Å². The van der Waals surface area contributed by atoms with Crippen LogP contribution in [-0.4, -0.2) is 12.5 Å². The molecule has 1 amide bonds. The zero-order chi connectivity index (χ0) is 14.6. The van der Waals surface area contributed by atoms with E-state index >= 15 is 0 Å². The Morgan fingerprint density at radius 3 is 2.70 bits per heavy atom. The van der Waals surface area contributed by atoms with E-state index in [1.165, 1.54) is 19.3 Å². The Kier molecular flexibility index (Phi) is 5.47. The first kappa shape index (κ1) is 15.8. The second-order valence-corrected chi connectivity index (χ2v) is 6.90.